The zero-order valence-electron chi connectivity index (χ0n) is 10.6. The Morgan fingerprint density at radius 2 is 2.19 bits per heavy atom. The van der Waals surface area contributed by atoms with E-state index in [4.69, 9.17) is 12.2 Å². The predicted octanol–water partition coefficient (Wildman–Crippen LogP) is 1.74. The first-order chi connectivity index (χ1) is 7.43. The van der Waals surface area contributed by atoms with Crippen LogP contribution in [0.4, 0.5) is 0 Å². The molecule has 0 heterocycles. The summed E-state index contributed by atoms with van der Waals surface area (Å²) >= 11 is 0. The van der Waals surface area contributed by atoms with Crippen LogP contribution in [0.3, 0.4) is 0 Å². The molecule has 0 aromatic heterocycles. The van der Waals surface area contributed by atoms with E-state index in [9.17, 15) is 0 Å². The molecular formula is C13H23N3. The predicted molar refractivity (Wildman–Crippen MR) is 69.0 cm³/mol. The van der Waals surface area contributed by atoms with Crippen molar-refractivity contribution in [2.24, 2.45) is 22.1 Å². The Morgan fingerprint density at radius 1 is 1.56 bits per heavy atom. The van der Waals surface area contributed by atoms with Crippen LogP contribution in [-0.2, 0) is 0 Å². The number of nitrogens with two attached hydrogens (primary N) is 1. The van der Waals surface area contributed by atoms with Crippen molar-refractivity contribution >= 4 is 5.96 Å². The summed E-state index contributed by atoms with van der Waals surface area (Å²) in [5, 5.41) is 3.10. The van der Waals surface area contributed by atoms with Gasteiger partial charge in [0.1, 0.15) is 0 Å². The molecule has 1 rings (SSSR count). The minimum absolute atomic E-state index is 0.00857. The summed E-state index contributed by atoms with van der Waals surface area (Å²) < 4.78 is 0. The van der Waals surface area contributed by atoms with E-state index in [1.165, 1.54) is 19.3 Å². The van der Waals surface area contributed by atoms with E-state index in [1.807, 2.05) is 0 Å². The van der Waals surface area contributed by atoms with Crippen molar-refractivity contribution < 1.29 is 0 Å². The summed E-state index contributed by atoms with van der Waals surface area (Å²) in [7, 11) is 0. The fourth-order valence-corrected chi connectivity index (χ4v) is 1.60. The molecule has 0 aliphatic heterocycles. The van der Waals surface area contributed by atoms with E-state index in [1.54, 1.807) is 0 Å². The lowest BCUT2D eigenvalue weighted by Crippen LogP contribution is -2.46. The number of nitrogens with zero attached hydrogens (tertiary/aromatic N) is 1. The summed E-state index contributed by atoms with van der Waals surface area (Å²) in [6.45, 7) is 7.09. The number of guanidine groups is 1. The van der Waals surface area contributed by atoms with Gasteiger partial charge in [-0.3, -0.25) is 4.99 Å². The summed E-state index contributed by atoms with van der Waals surface area (Å²) in [4.78, 5) is 4.34. The third-order valence-electron chi connectivity index (χ3n) is 3.07. The van der Waals surface area contributed by atoms with Gasteiger partial charge < -0.3 is 11.1 Å². The van der Waals surface area contributed by atoms with Crippen molar-refractivity contribution in [3.05, 3.63) is 0 Å². The quantitative estimate of drug-likeness (QED) is 0.433. The largest absolute Gasteiger partial charge is 0.370 e. The van der Waals surface area contributed by atoms with E-state index < -0.39 is 0 Å². The fraction of sp³-hybridized carbons (Fsp3) is 0.769. The first kappa shape index (κ1) is 12.9. The molecule has 1 saturated carbocycles. The van der Waals surface area contributed by atoms with Gasteiger partial charge in [0.15, 0.2) is 5.96 Å². The molecule has 1 fully saturated rings. The lowest BCUT2D eigenvalue weighted by molar-refractivity contribution is 0.324. The Labute approximate surface area is 98.9 Å². The number of nitrogens with one attached hydrogen (secondary N) is 1. The molecule has 1 aliphatic rings. The van der Waals surface area contributed by atoms with Gasteiger partial charge in [-0.05, 0) is 24.2 Å². The highest BCUT2D eigenvalue weighted by atomic mass is 15.1. The second-order valence-electron chi connectivity index (χ2n) is 5.63. The van der Waals surface area contributed by atoms with Crippen LogP contribution in [0.15, 0.2) is 4.99 Å². The summed E-state index contributed by atoms with van der Waals surface area (Å²) in [6, 6.07) is -0.0716. The molecule has 0 radical (unpaired) electrons. The molecule has 1 aliphatic carbocycles. The molecule has 1 atom stereocenters. The van der Waals surface area contributed by atoms with Gasteiger partial charge in [-0.2, -0.15) is 0 Å². The number of hydrogen-bond donors (Lipinski definition) is 2. The standard InChI is InChI=1S/C13H23N3/c1-5-11(13(2,3)4)16-12(14)15-9-10-7-6-8-10/h1,10-11H,6-9H2,2-4H3,(H3,14,15,16). The number of aliphatic imine (C=N–C) groups is 1. The van der Waals surface area contributed by atoms with Crippen molar-refractivity contribution in [3.63, 3.8) is 0 Å². The maximum atomic E-state index is 5.82. The molecule has 0 amide bonds. The van der Waals surface area contributed by atoms with Gasteiger partial charge in [0.05, 0.1) is 6.04 Å². The van der Waals surface area contributed by atoms with Crippen LogP contribution in [0, 0.1) is 23.7 Å². The molecule has 0 aromatic carbocycles. The van der Waals surface area contributed by atoms with Gasteiger partial charge >= 0.3 is 0 Å². The molecule has 0 spiro atoms. The van der Waals surface area contributed by atoms with E-state index in [-0.39, 0.29) is 11.5 Å². The van der Waals surface area contributed by atoms with Crippen LogP contribution < -0.4 is 11.1 Å². The molecule has 3 heteroatoms. The summed E-state index contributed by atoms with van der Waals surface area (Å²) in [6.07, 6.45) is 9.39. The Bertz CT molecular complexity index is 289. The first-order valence-electron chi connectivity index (χ1n) is 5.96. The van der Waals surface area contributed by atoms with E-state index in [0.717, 1.165) is 12.5 Å². The van der Waals surface area contributed by atoms with Gasteiger partial charge in [-0.15, -0.1) is 6.42 Å². The number of rotatable bonds is 3. The second-order valence-corrected chi connectivity index (χ2v) is 5.63. The topological polar surface area (TPSA) is 50.4 Å². The molecule has 0 aromatic rings. The fourth-order valence-electron chi connectivity index (χ4n) is 1.60. The van der Waals surface area contributed by atoms with Crippen molar-refractivity contribution in [2.75, 3.05) is 6.54 Å². The molecule has 16 heavy (non-hydrogen) atoms. The van der Waals surface area contributed by atoms with Crippen LogP contribution >= 0.6 is 0 Å². The van der Waals surface area contributed by atoms with Crippen molar-refractivity contribution in [2.45, 2.75) is 46.1 Å². The Kier molecular flexibility index (Phi) is 4.23. The summed E-state index contributed by atoms with van der Waals surface area (Å²) in [5.41, 5.74) is 5.81. The third kappa shape index (κ3) is 3.77. The summed E-state index contributed by atoms with van der Waals surface area (Å²) in [5.74, 6) is 3.93. The van der Waals surface area contributed by atoms with E-state index in [0.29, 0.717) is 5.96 Å². The average Bonchev–Trinajstić information content (AvgIpc) is 2.09. The highest BCUT2D eigenvalue weighted by Crippen LogP contribution is 2.26. The van der Waals surface area contributed by atoms with Crippen LogP contribution in [0.1, 0.15) is 40.0 Å². The lowest BCUT2D eigenvalue weighted by Gasteiger charge is -2.28. The minimum atomic E-state index is -0.0716. The van der Waals surface area contributed by atoms with Gasteiger partial charge in [0, 0.05) is 6.54 Å². The molecule has 0 bridgehead atoms. The molecule has 0 saturated heterocycles. The lowest BCUT2D eigenvalue weighted by atomic mass is 9.86. The average molecular weight is 221 g/mol. The highest BCUT2D eigenvalue weighted by molar-refractivity contribution is 5.78. The van der Waals surface area contributed by atoms with E-state index in [2.05, 4.69) is 37.0 Å². The zero-order valence-corrected chi connectivity index (χ0v) is 10.6. The highest BCUT2D eigenvalue weighted by Gasteiger charge is 2.23. The molecular weight excluding hydrogens is 198 g/mol. The number of terminal acetylenes is 1. The third-order valence-corrected chi connectivity index (χ3v) is 3.07. The van der Waals surface area contributed by atoms with Crippen LogP contribution in [0.5, 0.6) is 0 Å². The van der Waals surface area contributed by atoms with Crippen LogP contribution in [0.25, 0.3) is 0 Å². The smallest absolute Gasteiger partial charge is 0.189 e. The molecule has 3 N–H and O–H groups in total. The van der Waals surface area contributed by atoms with Gasteiger partial charge in [0.2, 0.25) is 0 Å². The zero-order chi connectivity index (χ0) is 12.2. The molecule has 1 unspecified atom stereocenters. The van der Waals surface area contributed by atoms with Gasteiger partial charge in [-0.1, -0.05) is 33.1 Å². The monoisotopic (exact) mass is 221 g/mol. The van der Waals surface area contributed by atoms with Crippen molar-refractivity contribution in [1.29, 1.82) is 0 Å². The van der Waals surface area contributed by atoms with E-state index >= 15 is 0 Å². The SMILES string of the molecule is C#CC(NC(N)=NCC1CCC1)C(C)(C)C. The van der Waals surface area contributed by atoms with Crippen LogP contribution in [-0.4, -0.2) is 18.5 Å². The first-order valence-corrected chi connectivity index (χ1v) is 5.96. The molecule has 3 nitrogen and oxygen atoms in total. The van der Waals surface area contributed by atoms with Gasteiger partial charge in [-0.25, -0.2) is 0 Å². The maximum absolute atomic E-state index is 5.82. The second kappa shape index (κ2) is 5.25. The van der Waals surface area contributed by atoms with Gasteiger partial charge in [0.25, 0.3) is 0 Å². The van der Waals surface area contributed by atoms with Crippen molar-refractivity contribution in [1.82, 2.24) is 5.32 Å². The van der Waals surface area contributed by atoms with Crippen molar-refractivity contribution in [3.8, 4) is 12.3 Å². The maximum Gasteiger partial charge on any atom is 0.189 e. The van der Waals surface area contributed by atoms with Crippen LogP contribution in [0.2, 0.25) is 0 Å². The minimum Gasteiger partial charge on any atom is -0.370 e. The Hall–Kier alpha value is -1.17. The molecule has 90 valence electrons. The Morgan fingerprint density at radius 3 is 2.56 bits per heavy atom. The normalized spacial score (nSPS) is 19.8. The Balaban J connectivity index is 2.42. The number of hydrogen-bond acceptors (Lipinski definition) is 1.